The van der Waals surface area contributed by atoms with Crippen LogP contribution in [0.5, 0.6) is 0 Å². The van der Waals surface area contributed by atoms with E-state index in [1.54, 1.807) is 11.3 Å². The van der Waals surface area contributed by atoms with Crippen molar-refractivity contribution < 1.29 is 0 Å². The van der Waals surface area contributed by atoms with Gasteiger partial charge in [-0.3, -0.25) is 5.43 Å². The summed E-state index contributed by atoms with van der Waals surface area (Å²) in [5, 5.41) is 3.09. The van der Waals surface area contributed by atoms with Crippen LogP contribution in [0, 0.1) is 0 Å². The van der Waals surface area contributed by atoms with Crippen molar-refractivity contribution in [3.63, 3.8) is 0 Å². The number of para-hydroxylation sites is 1. The van der Waals surface area contributed by atoms with Crippen LogP contribution in [0.1, 0.15) is 4.88 Å². The summed E-state index contributed by atoms with van der Waals surface area (Å²) >= 11 is 5.20. The monoisotopic (exact) mass is 363 g/mol. The van der Waals surface area contributed by atoms with Crippen LogP contribution in [-0.4, -0.2) is 17.0 Å². The molecule has 0 bridgehead atoms. The standard InChI is InChI=1S/C14H14BrN5S/c1-20(7-10-6-9(15)8-21-10)13-11-4-2-3-5-12(11)17-14(18-13)19-16/h2-6,8H,7,16H2,1H3,(H,17,18,19). The molecule has 7 heteroatoms. The maximum atomic E-state index is 5.47. The summed E-state index contributed by atoms with van der Waals surface area (Å²) in [6, 6.07) is 10.0. The molecule has 0 amide bonds. The minimum atomic E-state index is 0.419. The topological polar surface area (TPSA) is 67.1 Å². The summed E-state index contributed by atoms with van der Waals surface area (Å²) in [4.78, 5) is 12.2. The Hall–Kier alpha value is -1.70. The van der Waals surface area contributed by atoms with Gasteiger partial charge in [0.1, 0.15) is 5.82 Å². The lowest BCUT2D eigenvalue weighted by Gasteiger charge is -2.19. The van der Waals surface area contributed by atoms with E-state index in [9.17, 15) is 0 Å². The molecular formula is C14H14BrN5S. The molecule has 3 aromatic rings. The van der Waals surface area contributed by atoms with Gasteiger partial charge in [-0.1, -0.05) is 12.1 Å². The van der Waals surface area contributed by atoms with Gasteiger partial charge in [-0.15, -0.1) is 11.3 Å². The molecule has 0 saturated heterocycles. The van der Waals surface area contributed by atoms with Gasteiger partial charge in [-0.25, -0.2) is 10.8 Å². The van der Waals surface area contributed by atoms with Crippen molar-refractivity contribution >= 4 is 49.9 Å². The van der Waals surface area contributed by atoms with Crippen LogP contribution < -0.4 is 16.2 Å². The molecule has 108 valence electrons. The number of hydrazine groups is 1. The Morgan fingerprint density at radius 3 is 2.86 bits per heavy atom. The number of rotatable bonds is 4. The fourth-order valence-corrected chi connectivity index (χ4v) is 3.66. The smallest absolute Gasteiger partial charge is 0.239 e. The number of nitrogens with two attached hydrogens (primary N) is 1. The minimum absolute atomic E-state index is 0.419. The predicted octanol–water partition coefficient (Wildman–Crippen LogP) is 3.38. The van der Waals surface area contributed by atoms with Gasteiger partial charge in [0.2, 0.25) is 5.95 Å². The summed E-state index contributed by atoms with van der Waals surface area (Å²) in [5.74, 6) is 6.75. The maximum Gasteiger partial charge on any atom is 0.239 e. The molecule has 3 rings (SSSR count). The third kappa shape index (κ3) is 2.99. The molecule has 3 N–H and O–H groups in total. The summed E-state index contributed by atoms with van der Waals surface area (Å²) in [5.41, 5.74) is 3.40. The second-order valence-electron chi connectivity index (χ2n) is 4.62. The van der Waals surface area contributed by atoms with Crippen molar-refractivity contribution in [1.29, 1.82) is 0 Å². The van der Waals surface area contributed by atoms with Crippen LogP contribution in [-0.2, 0) is 6.54 Å². The number of benzene rings is 1. The van der Waals surface area contributed by atoms with Crippen molar-refractivity contribution in [3.05, 3.63) is 45.1 Å². The molecule has 0 unspecified atom stereocenters. The molecule has 0 aliphatic carbocycles. The first-order chi connectivity index (χ1) is 10.2. The van der Waals surface area contributed by atoms with Crippen LogP contribution in [0.3, 0.4) is 0 Å². The SMILES string of the molecule is CN(Cc1cc(Br)cs1)c1nc(NN)nc2ccccc12. The maximum absolute atomic E-state index is 5.47. The number of thiophene rings is 1. The normalized spacial score (nSPS) is 10.8. The van der Waals surface area contributed by atoms with Crippen LogP contribution in [0.15, 0.2) is 40.2 Å². The Bertz CT molecular complexity index is 773. The zero-order chi connectivity index (χ0) is 14.8. The number of aromatic nitrogens is 2. The molecule has 1 aromatic carbocycles. The van der Waals surface area contributed by atoms with E-state index in [1.165, 1.54) is 4.88 Å². The molecule has 2 heterocycles. The Morgan fingerprint density at radius 2 is 2.14 bits per heavy atom. The molecule has 5 nitrogen and oxygen atoms in total. The minimum Gasteiger partial charge on any atom is -0.354 e. The highest BCUT2D eigenvalue weighted by Crippen LogP contribution is 2.27. The van der Waals surface area contributed by atoms with E-state index >= 15 is 0 Å². The summed E-state index contributed by atoms with van der Waals surface area (Å²) in [7, 11) is 2.02. The van der Waals surface area contributed by atoms with Gasteiger partial charge in [-0.2, -0.15) is 4.98 Å². The zero-order valence-corrected chi connectivity index (χ0v) is 13.8. The van der Waals surface area contributed by atoms with E-state index in [4.69, 9.17) is 5.84 Å². The van der Waals surface area contributed by atoms with E-state index < -0.39 is 0 Å². The second kappa shape index (κ2) is 5.97. The van der Waals surface area contributed by atoms with Crippen molar-refractivity contribution in [2.45, 2.75) is 6.54 Å². The molecule has 0 atom stereocenters. The first-order valence-corrected chi connectivity index (χ1v) is 8.02. The number of nitrogen functional groups attached to an aromatic ring is 1. The lowest BCUT2D eigenvalue weighted by Crippen LogP contribution is -2.19. The molecule has 0 spiro atoms. The highest BCUT2D eigenvalue weighted by molar-refractivity contribution is 9.10. The van der Waals surface area contributed by atoms with Crippen LogP contribution in [0.25, 0.3) is 10.9 Å². The van der Waals surface area contributed by atoms with E-state index in [-0.39, 0.29) is 0 Å². The highest BCUT2D eigenvalue weighted by atomic mass is 79.9. The van der Waals surface area contributed by atoms with Gasteiger partial charge >= 0.3 is 0 Å². The van der Waals surface area contributed by atoms with Crippen LogP contribution in [0.4, 0.5) is 11.8 Å². The van der Waals surface area contributed by atoms with Gasteiger partial charge < -0.3 is 4.90 Å². The molecule has 0 aliphatic rings. The first-order valence-electron chi connectivity index (χ1n) is 6.35. The lowest BCUT2D eigenvalue weighted by atomic mass is 10.2. The van der Waals surface area contributed by atoms with E-state index in [0.29, 0.717) is 5.95 Å². The predicted molar refractivity (Wildman–Crippen MR) is 91.5 cm³/mol. The summed E-state index contributed by atoms with van der Waals surface area (Å²) in [6.45, 7) is 0.779. The van der Waals surface area contributed by atoms with Gasteiger partial charge in [-0.05, 0) is 34.1 Å². The van der Waals surface area contributed by atoms with Gasteiger partial charge in [0.05, 0.1) is 12.1 Å². The average molecular weight is 364 g/mol. The fourth-order valence-electron chi connectivity index (χ4n) is 2.16. The lowest BCUT2D eigenvalue weighted by molar-refractivity contribution is 0.914. The Kier molecular flexibility index (Phi) is 4.05. The van der Waals surface area contributed by atoms with Gasteiger partial charge in [0, 0.05) is 27.2 Å². The fraction of sp³-hybridized carbons (Fsp3) is 0.143. The van der Waals surface area contributed by atoms with Crippen molar-refractivity contribution in [2.24, 2.45) is 5.84 Å². The molecule has 0 aliphatic heterocycles. The number of hydrogen-bond donors (Lipinski definition) is 2. The van der Waals surface area contributed by atoms with Crippen molar-refractivity contribution in [2.75, 3.05) is 17.4 Å². The molecular weight excluding hydrogens is 350 g/mol. The van der Waals surface area contributed by atoms with Crippen LogP contribution >= 0.6 is 27.3 Å². The quantitative estimate of drug-likeness (QED) is 0.549. The van der Waals surface area contributed by atoms with Crippen molar-refractivity contribution in [1.82, 2.24) is 9.97 Å². The molecule has 0 radical (unpaired) electrons. The zero-order valence-electron chi connectivity index (χ0n) is 11.4. The third-order valence-corrected chi connectivity index (χ3v) is 4.77. The number of fused-ring (bicyclic) bond motifs is 1. The first kappa shape index (κ1) is 14.2. The number of hydrogen-bond acceptors (Lipinski definition) is 6. The highest BCUT2D eigenvalue weighted by Gasteiger charge is 2.12. The molecule has 21 heavy (non-hydrogen) atoms. The second-order valence-corrected chi connectivity index (χ2v) is 6.53. The number of nitrogens with one attached hydrogen (secondary N) is 1. The Morgan fingerprint density at radius 1 is 1.33 bits per heavy atom. The largest absolute Gasteiger partial charge is 0.354 e. The number of anilines is 2. The average Bonchev–Trinajstić information content (AvgIpc) is 2.91. The van der Waals surface area contributed by atoms with Gasteiger partial charge in [0.15, 0.2) is 0 Å². The number of halogens is 1. The van der Waals surface area contributed by atoms with Crippen LogP contribution in [0.2, 0.25) is 0 Å². The molecule has 0 saturated carbocycles. The molecule has 0 fully saturated rings. The third-order valence-electron chi connectivity index (χ3n) is 3.09. The Labute approximate surface area is 134 Å². The van der Waals surface area contributed by atoms with E-state index in [2.05, 4.69) is 47.7 Å². The van der Waals surface area contributed by atoms with E-state index in [1.807, 2.05) is 31.3 Å². The summed E-state index contributed by atoms with van der Waals surface area (Å²) < 4.78 is 1.10. The number of nitrogens with zero attached hydrogens (tertiary/aromatic N) is 3. The van der Waals surface area contributed by atoms with Gasteiger partial charge in [0.25, 0.3) is 0 Å². The Balaban J connectivity index is 2.01. The summed E-state index contributed by atoms with van der Waals surface area (Å²) in [6.07, 6.45) is 0. The molecule has 2 aromatic heterocycles. The van der Waals surface area contributed by atoms with E-state index in [0.717, 1.165) is 27.7 Å². The van der Waals surface area contributed by atoms with Crippen molar-refractivity contribution in [3.8, 4) is 0 Å².